The predicted molar refractivity (Wildman–Crippen MR) is 60.4 cm³/mol. The molecule has 2 rings (SSSR count). The van der Waals surface area contributed by atoms with E-state index in [1.54, 1.807) is 5.01 Å². The molecule has 1 saturated heterocycles. The number of amides is 1. The Bertz CT molecular complexity index is 505. The summed E-state index contributed by atoms with van der Waals surface area (Å²) >= 11 is 0. The highest BCUT2D eigenvalue weighted by Crippen LogP contribution is 2.33. The maximum atomic E-state index is 11.9. The van der Waals surface area contributed by atoms with Gasteiger partial charge in [-0.05, 0) is 0 Å². The Kier molecular flexibility index (Phi) is 2.90. The minimum absolute atomic E-state index is 0.165. The quantitative estimate of drug-likeness (QED) is 0.623. The van der Waals surface area contributed by atoms with Crippen molar-refractivity contribution in [1.29, 1.82) is 5.26 Å². The monoisotopic (exact) mass is 248 g/mol. The summed E-state index contributed by atoms with van der Waals surface area (Å²) < 4.78 is 0. The molecule has 0 saturated carbocycles. The van der Waals surface area contributed by atoms with Crippen LogP contribution in [-0.4, -0.2) is 46.1 Å². The van der Waals surface area contributed by atoms with Crippen molar-refractivity contribution >= 4 is 11.9 Å². The minimum atomic E-state index is -1.15. The van der Waals surface area contributed by atoms with E-state index in [-0.39, 0.29) is 30.3 Å². The zero-order valence-corrected chi connectivity index (χ0v) is 9.54. The molecule has 0 aromatic carbocycles. The lowest BCUT2D eigenvalue weighted by atomic mass is 10.0. The molecule has 0 radical (unpaired) electrons. The van der Waals surface area contributed by atoms with Gasteiger partial charge >= 0.3 is 5.97 Å². The highest BCUT2D eigenvalue weighted by Gasteiger charge is 2.46. The topological polar surface area (TPSA) is 111 Å². The third kappa shape index (κ3) is 1.59. The summed E-state index contributed by atoms with van der Waals surface area (Å²) in [6, 6.07) is 1.26. The van der Waals surface area contributed by atoms with Crippen molar-refractivity contribution < 1.29 is 14.7 Å². The van der Waals surface area contributed by atoms with Crippen molar-refractivity contribution in [1.82, 2.24) is 10.0 Å². The second kappa shape index (κ2) is 4.25. The first kappa shape index (κ1) is 12.3. The summed E-state index contributed by atoms with van der Waals surface area (Å²) in [6.07, 6.45) is 1.20. The van der Waals surface area contributed by atoms with Crippen LogP contribution >= 0.6 is 0 Å². The first-order chi connectivity index (χ1) is 8.51. The van der Waals surface area contributed by atoms with Gasteiger partial charge in [-0.1, -0.05) is 6.08 Å². The number of hydrogen-bond donors (Lipinski definition) is 2. The lowest BCUT2D eigenvalue weighted by Gasteiger charge is -2.23. The van der Waals surface area contributed by atoms with E-state index in [9.17, 15) is 9.59 Å². The molecule has 2 heterocycles. The zero-order valence-electron chi connectivity index (χ0n) is 9.54. The SMILES string of the molecule is C=CC(C(=O)O)C1=C(C#N)CN2C[C@H](N)C(=O)N12. The van der Waals surface area contributed by atoms with Crippen molar-refractivity contribution in [2.75, 3.05) is 13.1 Å². The van der Waals surface area contributed by atoms with E-state index >= 15 is 0 Å². The molecule has 0 aromatic rings. The number of carboxylic acids is 1. The van der Waals surface area contributed by atoms with Gasteiger partial charge in [0.25, 0.3) is 5.91 Å². The summed E-state index contributed by atoms with van der Waals surface area (Å²) in [6.45, 7) is 3.94. The molecule has 0 spiro atoms. The summed E-state index contributed by atoms with van der Waals surface area (Å²) in [4.78, 5) is 23.0. The van der Waals surface area contributed by atoms with Gasteiger partial charge in [-0.3, -0.25) is 9.59 Å². The third-order valence-electron chi connectivity index (χ3n) is 3.03. The number of carboxylic acid groups (broad SMARTS) is 1. The van der Waals surface area contributed by atoms with E-state index in [1.165, 1.54) is 11.1 Å². The van der Waals surface area contributed by atoms with Crippen LogP contribution < -0.4 is 5.73 Å². The number of hydrazine groups is 1. The number of fused-ring (bicyclic) bond motifs is 1. The number of hydrogen-bond acceptors (Lipinski definition) is 5. The Labute approximate surface area is 103 Å². The van der Waals surface area contributed by atoms with Gasteiger partial charge in [0.05, 0.1) is 23.9 Å². The van der Waals surface area contributed by atoms with Crippen molar-refractivity contribution in [3.8, 4) is 6.07 Å². The third-order valence-corrected chi connectivity index (χ3v) is 3.03. The molecule has 0 aromatic heterocycles. The molecule has 3 N–H and O–H groups in total. The molecule has 2 aliphatic heterocycles. The molecule has 18 heavy (non-hydrogen) atoms. The normalized spacial score (nSPS) is 25.0. The smallest absolute Gasteiger partial charge is 0.316 e. The Balaban J connectivity index is 2.47. The Morgan fingerprint density at radius 1 is 1.72 bits per heavy atom. The van der Waals surface area contributed by atoms with E-state index in [1.807, 2.05) is 6.07 Å². The van der Waals surface area contributed by atoms with Crippen LogP contribution in [0.1, 0.15) is 0 Å². The van der Waals surface area contributed by atoms with Crippen molar-refractivity contribution in [2.24, 2.45) is 11.7 Å². The molecule has 1 fully saturated rings. The number of carbonyl (C=O) groups is 2. The highest BCUT2D eigenvalue weighted by molar-refractivity contribution is 5.88. The maximum Gasteiger partial charge on any atom is 0.316 e. The van der Waals surface area contributed by atoms with Crippen LogP contribution in [0.5, 0.6) is 0 Å². The van der Waals surface area contributed by atoms with Gasteiger partial charge in [0.15, 0.2) is 0 Å². The van der Waals surface area contributed by atoms with E-state index in [0.29, 0.717) is 0 Å². The lowest BCUT2D eigenvalue weighted by Crippen LogP contribution is -2.38. The number of aliphatic carboxylic acids is 1. The number of carbonyl (C=O) groups excluding carboxylic acids is 1. The van der Waals surface area contributed by atoms with Crippen LogP contribution in [0, 0.1) is 17.2 Å². The van der Waals surface area contributed by atoms with Crippen LogP contribution in [-0.2, 0) is 9.59 Å². The van der Waals surface area contributed by atoms with Crippen LogP contribution in [0.25, 0.3) is 0 Å². The molecule has 1 amide bonds. The van der Waals surface area contributed by atoms with Gasteiger partial charge in [-0.2, -0.15) is 5.26 Å². The van der Waals surface area contributed by atoms with E-state index in [2.05, 4.69) is 6.58 Å². The first-order valence-electron chi connectivity index (χ1n) is 5.34. The molecule has 1 unspecified atom stereocenters. The molecule has 7 heteroatoms. The number of nitrogens with zero attached hydrogens (tertiary/aromatic N) is 3. The summed E-state index contributed by atoms with van der Waals surface area (Å²) in [5, 5.41) is 21.0. The fraction of sp³-hybridized carbons (Fsp3) is 0.364. The molecular formula is C11H12N4O3. The van der Waals surface area contributed by atoms with Crippen LogP contribution in [0.3, 0.4) is 0 Å². The van der Waals surface area contributed by atoms with Gasteiger partial charge in [0.2, 0.25) is 0 Å². The number of nitrogens with two attached hydrogens (primary N) is 1. The van der Waals surface area contributed by atoms with Crippen LogP contribution in [0.2, 0.25) is 0 Å². The van der Waals surface area contributed by atoms with Gasteiger partial charge < -0.3 is 10.8 Å². The summed E-state index contributed by atoms with van der Waals surface area (Å²) in [7, 11) is 0. The average Bonchev–Trinajstić information content (AvgIpc) is 2.79. The Morgan fingerprint density at radius 3 is 2.89 bits per heavy atom. The summed E-state index contributed by atoms with van der Waals surface area (Å²) in [5.41, 5.74) is 6.05. The van der Waals surface area contributed by atoms with Crippen LogP contribution in [0.4, 0.5) is 0 Å². The lowest BCUT2D eigenvalue weighted by molar-refractivity contribution is -0.141. The molecule has 2 aliphatic rings. The molecule has 7 nitrogen and oxygen atoms in total. The largest absolute Gasteiger partial charge is 0.481 e. The molecule has 0 aliphatic carbocycles. The second-order valence-electron chi connectivity index (χ2n) is 4.13. The van der Waals surface area contributed by atoms with Crippen molar-refractivity contribution in [2.45, 2.75) is 6.04 Å². The average molecular weight is 248 g/mol. The predicted octanol–water partition coefficient (Wildman–Crippen LogP) is -0.949. The van der Waals surface area contributed by atoms with Crippen molar-refractivity contribution in [3.05, 3.63) is 23.9 Å². The van der Waals surface area contributed by atoms with Gasteiger partial charge in [-0.15, -0.1) is 6.58 Å². The number of nitriles is 1. The second-order valence-corrected chi connectivity index (χ2v) is 4.13. The first-order valence-corrected chi connectivity index (χ1v) is 5.34. The van der Waals surface area contributed by atoms with Gasteiger partial charge in [0.1, 0.15) is 12.0 Å². The van der Waals surface area contributed by atoms with Gasteiger partial charge in [0, 0.05) is 6.54 Å². The zero-order chi connectivity index (χ0) is 13.4. The maximum absolute atomic E-state index is 11.9. The summed E-state index contributed by atoms with van der Waals surface area (Å²) in [5.74, 6) is -2.62. The highest BCUT2D eigenvalue weighted by atomic mass is 16.4. The molecule has 2 atom stereocenters. The van der Waals surface area contributed by atoms with Crippen molar-refractivity contribution in [3.63, 3.8) is 0 Å². The van der Waals surface area contributed by atoms with Gasteiger partial charge in [-0.25, -0.2) is 10.0 Å². The Hall–Kier alpha value is -2.17. The van der Waals surface area contributed by atoms with E-state index in [4.69, 9.17) is 16.1 Å². The van der Waals surface area contributed by atoms with E-state index < -0.39 is 17.9 Å². The van der Waals surface area contributed by atoms with E-state index in [0.717, 1.165) is 0 Å². The standard InChI is InChI=1S/C11H12N4O3/c1-2-7(11(17)18)9-6(3-12)4-14-5-8(13)10(16)15(9)14/h2,7-8H,1,4-5,13H2,(H,17,18)/t7?,8-/m0/s1. The molecular weight excluding hydrogens is 236 g/mol. The number of rotatable bonds is 3. The van der Waals surface area contributed by atoms with Crippen LogP contribution in [0.15, 0.2) is 23.9 Å². The Morgan fingerprint density at radius 2 is 2.39 bits per heavy atom. The fourth-order valence-corrected chi connectivity index (χ4v) is 2.22. The molecule has 94 valence electrons. The molecule has 0 bridgehead atoms. The fourth-order valence-electron chi connectivity index (χ4n) is 2.22. The minimum Gasteiger partial charge on any atom is -0.481 e.